The number of hydrogen-bond donors (Lipinski definition) is 2. The fourth-order valence-corrected chi connectivity index (χ4v) is 5.89. The molecule has 0 saturated carbocycles. The van der Waals surface area contributed by atoms with E-state index in [1.54, 1.807) is 29.3 Å². The quantitative estimate of drug-likeness (QED) is 0.379. The van der Waals surface area contributed by atoms with Crippen LogP contribution >= 0.6 is 42.5 Å². The van der Waals surface area contributed by atoms with Crippen LogP contribution in [0.2, 0.25) is 0 Å². The molecule has 1 unspecified atom stereocenters. The molecule has 2 fully saturated rings. The first kappa shape index (κ1) is 19.5. The molecule has 3 aromatic rings. The SMILES string of the molecule is O=C(c1c(Nc2ccc(I)cc2F)sc2ncccc12)N1C[C@@H]2OP(O)O[C@@H]2C1. The Morgan fingerprint density at radius 1 is 1.34 bits per heavy atom. The minimum atomic E-state index is -1.86. The molecule has 150 valence electrons. The number of carbonyl (C=O) groups is 1. The van der Waals surface area contributed by atoms with Crippen LogP contribution in [0.15, 0.2) is 36.5 Å². The van der Waals surface area contributed by atoms with E-state index in [1.807, 2.05) is 28.7 Å². The molecule has 2 N–H and O–H groups in total. The number of halogens is 2. The molecule has 2 aromatic heterocycles. The summed E-state index contributed by atoms with van der Waals surface area (Å²) in [5, 5.41) is 4.31. The minimum Gasteiger partial charge on any atom is -0.344 e. The van der Waals surface area contributed by atoms with Gasteiger partial charge in [0.1, 0.15) is 27.9 Å². The molecule has 4 heterocycles. The Morgan fingerprint density at radius 3 is 2.83 bits per heavy atom. The molecular weight excluding hydrogens is 531 g/mol. The third-order valence-electron chi connectivity index (χ3n) is 4.81. The van der Waals surface area contributed by atoms with Crippen molar-refractivity contribution in [3.63, 3.8) is 0 Å². The molecule has 1 aromatic carbocycles. The van der Waals surface area contributed by atoms with Crippen LogP contribution in [0.3, 0.4) is 0 Å². The van der Waals surface area contributed by atoms with Gasteiger partial charge in [0.05, 0.1) is 24.3 Å². The molecule has 0 spiro atoms. The van der Waals surface area contributed by atoms with Gasteiger partial charge in [0.15, 0.2) is 0 Å². The minimum absolute atomic E-state index is 0.207. The van der Waals surface area contributed by atoms with Gasteiger partial charge in [0.25, 0.3) is 5.91 Å². The Bertz CT molecular complexity index is 1100. The zero-order valence-corrected chi connectivity index (χ0v) is 18.6. The van der Waals surface area contributed by atoms with Gasteiger partial charge in [-0.05, 0) is 52.9 Å². The summed E-state index contributed by atoms with van der Waals surface area (Å²) in [6, 6.07) is 8.47. The fourth-order valence-electron chi connectivity index (χ4n) is 3.47. The van der Waals surface area contributed by atoms with E-state index in [0.717, 1.165) is 3.57 Å². The predicted octanol–water partition coefficient (Wildman–Crippen LogP) is 4.24. The number of fused-ring (bicyclic) bond motifs is 2. The number of anilines is 2. The lowest BCUT2D eigenvalue weighted by molar-refractivity contribution is 0.0761. The highest BCUT2D eigenvalue weighted by atomic mass is 127. The van der Waals surface area contributed by atoms with E-state index in [9.17, 15) is 14.1 Å². The van der Waals surface area contributed by atoms with Crippen LogP contribution in [0.4, 0.5) is 15.1 Å². The van der Waals surface area contributed by atoms with Crippen molar-refractivity contribution in [1.29, 1.82) is 0 Å². The van der Waals surface area contributed by atoms with E-state index < -0.39 is 14.4 Å². The molecule has 0 bridgehead atoms. The van der Waals surface area contributed by atoms with Gasteiger partial charge < -0.3 is 24.2 Å². The first-order chi connectivity index (χ1) is 14.0. The number of amides is 1. The normalized spacial score (nSPS) is 23.6. The summed E-state index contributed by atoms with van der Waals surface area (Å²) in [4.78, 5) is 29.6. The van der Waals surface area contributed by atoms with Crippen LogP contribution in [-0.2, 0) is 9.05 Å². The molecule has 0 aliphatic carbocycles. The van der Waals surface area contributed by atoms with Gasteiger partial charge in [0.2, 0.25) is 0 Å². The first-order valence-corrected chi connectivity index (χ1v) is 11.7. The fraction of sp³-hybridized carbons (Fsp3) is 0.222. The second-order valence-corrected chi connectivity index (χ2v) is 9.79. The largest absolute Gasteiger partial charge is 0.344 e. The molecule has 2 saturated heterocycles. The molecule has 7 nitrogen and oxygen atoms in total. The van der Waals surface area contributed by atoms with Gasteiger partial charge >= 0.3 is 8.60 Å². The van der Waals surface area contributed by atoms with Crippen molar-refractivity contribution in [3.05, 3.63) is 51.5 Å². The molecule has 1 amide bonds. The van der Waals surface area contributed by atoms with Gasteiger partial charge in [-0.1, -0.05) is 11.3 Å². The number of likely N-dealkylation sites (tertiary alicyclic amines) is 1. The van der Waals surface area contributed by atoms with E-state index in [4.69, 9.17) is 9.05 Å². The van der Waals surface area contributed by atoms with Crippen molar-refractivity contribution in [2.75, 3.05) is 18.4 Å². The van der Waals surface area contributed by atoms with E-state index in [-0.39, 0.29) is 18.1 Å². The van der Waals surface area contributed by atoms with E-state index >= 15 is 0 Å². The number of benzene rings is 1. The summed E-state index contributed by atoms with van der Waals surface area (Å²) in [7, 11) is -1.86. The third-order valence-corrected chi connectivity index (χ3v) is 7.42. The summed E-state index contributed by atoms with van der Waals surface area (Å²) >= 11 is 3.35. The summed E-state index contributed by atoms with van der Waals surface area (Å²) in [6.45, 7) is 0.662. The number of hydrogen-bond acceptors (Lipinski definition) is 7. The maximum atomic E-state index is 14.4. The number of aromatic nitrogens is 1. The number of carbonyl (C=O) groups excluding carboxylic acids is 1. The number of nitrogens with zero attached hydrogens (tertiary/aromatic N) is 2. The lowest BCUT2D eigenvalue weighted by atomic mass is 10.1. The van der Waals surface area contributed by atoms with Crippen LogP contribution in [0.1, 0.15) is 10.4 Å². The maximum absolute atomic E-state index is 14.4. The predicted molar refractivity (Wildman–Crippen MR) is 117 cm³/mol. The highest BCUT2D eigenvalue weighted by Gasteiger charge is 2.45. The Morgan fingerprint density at radius 2 is 2.10 bits per heavy atom. The number of rotatable bonds is 3. The Labute approximate surface area is 184 Å². The van der Waals surface area contributed by atoms with Gasteiger partial charge in [-0.15, -0.1) is 0 Å². The van der Waals surface area contributed by atoms with E-state index in [0.29, 0.717) is 39.6 Å². The zero-order valence-electron chi connectivity index (χ0n) is 14.7. The Balaban J connectivity index is 1.51. The molecule has 2 aliphatic rings. The van der Waals surface area contributed by atoms with Crippen LogP contribution in [0.25, 0.3) is 10.2 Å². The molecule has 29 heavy (non-hydrogen) atoms. The lowest BCUT2D eigenvalue weighted by Gasteiger charge is -2.18. The standard InChI is InChI=1S/C18H14FIN3O4PS/c19-11-6-9(20)3-4-12(11)22-17-15(10-2-1-5-21-16(10)29-17)18(24)23-7-13-14(8-23)27-28(25)26-13/h1-6,13-14,22,25H,7-8H2/t13-,14+,28?. The van der Waals surface area contributed by atoms with Crippen LogP contribution in [-0.4, -0.2) is 46.0 Å². The summed E-state index contributed by atoms with van der Waals surface area (Å²) in [5.41, 5.74) is 0.740. The topological polar surface area (TPSA) is 83.9 Å². The average Bonchev–Trinajstić information content (AvgIpc) is 3.33. The van der Waals surface area contributed by atoms with Crippen molar-refractivity contribution >= 4 is 69.3 Å². The second-order valence-electron chi connectivity index (χ2n) is 6.65. The van der Waals surface area contributed by atoms with Crippen molar-refractivity contribution in [2.24, 2.45) is 0 Å². The summed E-state index contributed by atoms with van der Waals surface area (Å²) in [6.07, 6.45) is 1.000. The molecule has 3 atom stereocenters. The van der Waals surface area contributed by atoms with Gasteiger partial charge in [-0.3, -0.25) is 4.79 Å². The molecule has 0 radical (unpaired) electrons. The Kier molecular flexibility index (Phi) is 5.17. The van der Waals surface area contributed by atoms with Gasteiger partial charge in [-0.25, -0.2) is 9.37 Å². The van der Waals surface area contributed by atoms with Crippen LogP contribution in [0, 0.1) is 9.39 Å². The monoisotopic (exact) mass is 545 g/mol. The second kappa shape index (κ2) is 7.68. The van der Waals surface area contributed by atoms with Gasteiger partial charge in [-0.2, -0.15) is 0 Å². The molecular formula is C18H14FIN3O4PS. The molecule has 11 heteroatoms. The van der Waals surface area contributed by atoms with Crippen molar-refractivity contribution in [2.45, 2.75) is 12.2 Å². The van der Waals surface area contributed by atoms with E-state index in [2.05, 4.69) is 10.3 Å². The number of nitrogens with one attached hydrogen (secondary N) is 1. The smallest absolute Gasteiger partial charge is 0.330 e. The van der Waals surface area contributed by atoms with Gasteiger partial charge in [0, 0.05) is 15.2 Å². The average molecular weight is 545 g/mol. The van der Waals surface area contributed by atoms with Crippen molar-refractivity contribution in [1.82, 2.24) is 9.88 Å². The highest BCUT2D eigenvalue weighted by molar-refractivity contribution is 14.1. The van der Waals surface area contributed by atoms with Crippen molar-refractivity contribution in [3.8, 4) is 0 Å². The maximum Gasteiger partial charge on any atom is 0.330 e. The Hall–Kier alpha value is -1.43. The number of pyridine rings is 1. The van der Waals surface area contributed by atoms with Crippen LogP contribution < -0.4 is 5.32 Å². The third kappa shape index (κ3) is 3.62. The van der Waals surface area contributed by atoms with E-state index in [1.165, 1.54) is 17.4 Å². The number of thiophene rings is 1. The first-order valence-electron chi connectivity index (χ1n) is 8.71. The van der Waals surface area contributed by atoms with Crippen molar-refractivity contribution < 1.29 is 23.1 Å². The molecule has 2 aliphatic heterocycles. The lowest BCUT2D eigenvalue weighted by Crippen LogP contribution is -2.30. The molecule has 5 rings (SSSR count). The summed E-state index contributed by atoms with van der Waals surface area (Å²) in [5.74, 6) is -0.601. The zero-order chi connectivity index (χ0) is 20.1. The summed E-state index contributed by atoms with van der Waals surface area (Å²) < 4.78 is 25.9. The highest BCUT2D eigenvalue weighted by Crippen LogP contribution is 2.47. The van der Waals surface area contributed by atoms with Crippen LogP contribution in [0.5, 0.6) is 0 Å².